The standard InChI is InChI=1S/C17H27N5O9/c1-8(24)19-11(7-23)15(28)20-9(5-13(25)26)14(27)21-10(6-18)16(29)22-4-2-3-12(22)17(30)31/h9-12,23H,2-7,18H2,1H3,(H,19,24)(H,20,28)(H,21,27)(H,25,26)(H,30,31)/t9-,10-,11-,12-/m0/s1. The molecular formula is C17H27N5O9. The van der Waals surface area contributed by atoms with Gasteiger partial charge in [-0.05, 0) is 12.8 Å². The number of likely N-dealkylation sites (tertiary alicyclic amines) is 1. The lowest BCUT2D eigenvalue weighted by Gasteiger charge is -2.28. The molecule has 0 aromatic rings. The van der Waals surface area contributed by atoms with Gasteiger partial charge < -0.3 is 41.9 Å². The highest BCUT2D eigenvalue weighted by atomic mass is 16.4. The predicted octanol–water partition coefficient (Wildman–Crippen LogP) is -4.04. The molecule has 1 aliphatic heterocycles. The number of carboxylic acid groups (broad SMARTS) is 2. The number of aliphatic hydroxyl groups excluding tert-OH is 1. The van der Waals surface area contributed by atoms with Crippen LogP contribution < -0.4 is 21.7 Å². The molecule has 0 bridgehead atoms. The van der Waals surface area contributed by atoms with Gasteiger partial charge in [-0.25, -0.2) is 4.79 Å². The molecule has 4 amide bonds. The minimum atomic E-state index is -1.65. The Hall–Kier alpha value is -3.26. The van der Waals surface area contributed by atoms with Gasteiger partial charge in [-0.2, -0.15) is 0 Å². The van der Waals surface area contributed by atoms with Crippen LogP contribution in [0.5, 0.6) is 0 Å². The van der Waals surface area contributed by atoms with Crippen LogP contribution >= 0.6 is 0 Å². The fourth-order valence-electron chi connectivity index (χ4n) is 3.08. The van der Waals surface area contributed by atoms with Gasteiger partial charge in [0.05, 0.1) is 13.0 Å². The van der Waals surface area contributed by atoms with Crippen molar-refractivity contribution in [1.29, 1.82) is 0 Å². The maximum absolute atomic E-state index is 12.7. The Labute approximate surface area is 177 Å². The molecule has 0 aromatic heterocycles. The number of aliphatic carboxylic acids is 2. The van der Waals surface area contributed by atoms with Crippen molar-refractivity contribution in [1.82, 2.24) is 20.9 Å². The van der Waals surface area contributed by atoms with Crippen LogP contribution in [0.4, 0.5) is 0 Å². The number of hydrogen-bond donors (Lipinski definition) is 7. The lowest BCUT2D eigenvalue weighted by molar-refractivity contribution is -0.149. The molecule has 0 radical (unpaired) electrons. The van der Waals surface area contributed by atoms with Gasteiger partial charge in [-0.15, -0.1) is 0 Å². The van der Waals surface area contributed by atoms with Gasteiger partial charge >= 0.3 is 11.9 Å². The van der Waals surface area contributed by atoms with Crippen LogP contribution in [0.25, 0.3) is 0 Å². The molecule has 1 rings (SSSR count). The lowest BCUT2D eigenvalue weighted by atomic mass is 10.1. The van der Waals surface area contributed by atoms with E-state index >= 15 is 0 Å². The monoisotopic (exact) mass is 445 g/mol. The van der Waals surface area contributed by atoms with E-state index in [1.165, 1.54) is 0 Å². The molecule has 31 heavy (non-hydrogen) atoms. The summed E-state index contributed by atoms with van der Waals surface area (Å²) in [7, 11) is 0. The zero-order valence-corrected chi connectivity index (χ0v) is 16.9. The molecule has 1 heterocycles. The van der Waals surface area contributed by atoms with Crippen molar-refractivity contribution in [3.05, 3.63) is 0 Å². The van der Waals surface area contributed by atoms with Gasteiger partial charge in [0.25, 0.3) is 0 Å². The van der Waals surface area contributed by atoms with Crippen LogP contribution in [0.1, 0.15) is 26.2 Å². The van der Waals surface area contributed by atoms with Crippen molar-refractivity contribution in [2.45, 2.75) is 50.4 Å². The van der Waals surface area contributed by atoms with Gasteiger partial charge in [0, 0.05) is 20.0 Å². The van der Waals surface area contributed by atoms with E-state index in [4.69, 9.17) is 10.8 Å². The predicted molar refractivity (Wildman–Crippen MR) is 102 cm³/mol. The minimum absolute atomic E-state index is 0.159. The molecule has 4 atom stereocenters. The molecule has 14 nitrogen and oxygen atoms in total. The maximum atomic E-state index is 12.7. The Balaban J connectivity index is 2.92. The molecule has 0 spiro atoms. The first kappa shape index (κ1) is 25.8. The van der Waals surface area contributed by atoms with E-state index in [1.54, 1.807) is 0 Å². The first-order valence-electron chi connectivity index (χ1n) is 9.45. The largest absolute Gasteiger partial charge is 0.481 e. The fourth-order valence-corrected chi connectivity index (χ4v) is 3.08. The van der Waals surface area contributed by atoms with Crippen LogP contribution in [0.15, 0.2) is 0 Å². The molecule has 8 N–H and O–H groups in total. The lowest BCUT2D eigenvalue weighted by Crippen LogP contribution is -2.60. The first-order valence-corrected chi connectivity index (χ1v) is 9.45. The fraction of sp³-hybridized carbons (Fsp3) is 0.647. The highest BCUT2D eigenvalue weighted by Crippen LogP contribution is 2.18. The SMILES string of the molecule is CC(=O)N[C@@H](CO)C(=O)N[C@@H](CC(=O)O)C(=O)N[C@@H](CN)C(=O)N1CCC[C@H]1C(=O)O. The molecule has 0 aromatic carbocycles. The second-order valence-electron chi connectivity index (χ2n) is 6.92. The first-order chi connectivity index (χ1) is 14.5. The van der Waals surface area contributed by atoms with Gasteiger partial charge in [0.2, 0.25) is 23.6 Å². The summed E-state index contributed by atoms with van der Waals surface area (Å²) in [4.78, 5) is 72.0. The van der Waals surface area contributed by atoms with Gasteiger partial charge in [-0.1, -0.05) is 0 Å². The number of nitrogens with two attached hydrogens (primary N) is 1. The number of aliphatic hydroxyl groups is 1. The zero-order chi connectivity index (χ0) is 23.7. The van der Waals surface area contributed by atoms with Crippen molar-refractivity contribution >= 4 is 35.6 Å². The maximum Gasteiger partial charge on any atom is 0.326 e. The topological polar surface area (TPSA) is 228 Å². The van der Waals surface area contributed by atoms with Crippen LogP contribution in [0.2, 0.25) is 0 Å². The highest BCUT2D eigenvalue weighted by Gasteiger charge is 2.38. The van der Waals surface area contributed by atoms with Crippen LogP contribution in [0.3, 0.4) is 0 Å². The Morgan fingerprint density at radius 2 is 1.58 bits per heavy atom. The van der Waals surface area contributed by atoms with Gasteiger partial charge in [0.1, 0.15) is 24.2 Å². The number of amides is 4. The average Bonchev–Trinajstić information content (AvgIpc) is 3.18. The second kappa shape index (κ2) is 11.8. The minimum Gasteiger partial charge on any atom is -0.481 e. The summed E-state index contributed by atoms with van der Waals surface area (Å²) >= 11 is 0. The van der Waals surface area contributed by atoms with Crippen LogP contribution in [-0.2, 0) is 28.8 Å². The van der Waals surface area contributed by atoms with E-state index in [0.717, 1.165) is 11.8 Å². The third-order valence-electron chi connectivity index (χ3n) is 4.56. The molecule has 14 heteroatoms. The van der Waals surface area contributed by atoms with Crippen LogP contribution in [-0.4, -0.2) is 99.7 Å². The summed E-state index contributed by atoms with van der Waals surface area (Å²) < 4.78 is 0. The average molecular weight is 445 g/mol. The second-order valence-corrected chi connectivity index (χ2v) is 6.92. The summed E-state index contributed by atoms with van der Waals surface area (Å²) in [5.41, 5.74) is 5.54. The number of carbonyl (C=O) groups excluding carboxylic acids is 4. The van der Waals surface area contributed by atoms with Crippen molar-refractivity contribution in [2.75, 3.05) is 19.7 Å². The van der Waals surface area contributed by atoms with E-state index < -0.39 is 79.3 Å². The number of nitrogens with one attached hydrogen (secondary N) is 3. The summed E-state index contributed by atoms with van der Waals surface area (Å²) in [5.74, 6) is -6.09. The van der Waals surface area contributed by atoms with Gasteiger partial charge in [0.15, 0.2) is 0 Å². The summed E-state index contributed by atoms with van der Waals surface area (Å²) in [5, 5.41) is 33.9. The molecule has 1 fully saturated rings. The number of nitrogens with zero attached hydrogens (tertiary/aromatic N) is 1. The normalized spacial score (nSPS) is 18.4. The van der Waals surface area contributed by atoms with E-state index in [0.29, 0.717) is 6.42 Å². The number of rotatable bonds is 11. The van der Waals surface area contributed by atoms with E-state index in [1.807, 2.05) is 0 Å². The van der Waals surface area contributed by atoms with Gasteiger partial charge in [-0.3, -0.25) is 24.0 Å². The molecule has 0 unspecified atom stereocenters. The smallest absolute Gasteiger partial charge is 0.326 e. The van der Waals surface area contributed by atoms with Crippen LogP contribution in [0, 0.1) is 0 Å². The number of carboxylic acids is 2. The Kier molecular flexibility index (Phi) is 9.82. The molecule has 1 aliphatic rings. The molecule has 0 saturated carbocycles. The van der Waals surface area contributed by atoms with Crippen molar-refractivity contribution in [3.63, 3.8) is 0 Å². The highest BCUT2D eigenvalue weighted by molar-refractivity contribution is 5.96. The van der Waals surface area contributed by atoms with E-state index in [9.17, 15) is 39.0 Å². The Morgan fingerprint density at radius 1 is 1.00 bits per heavy atom. The van der Waals surface area contributed by atoms with Crippen molar-refractivity contribution < 1.29 is 44.1 Å². The van der Waals surface area contributed by atoms with Crippen molar-refractivity contribution in [3.8, 4) is 0 Å². The molecular weight excluding hydrogens is 418 g/mol. The summed E-state index contributed by atoms with van der Waals surface area (Å²) in [6, 6.07) is -5.47. The Bertz CT molecular complexity index is 729. The summed E-state index contributed by atoms with van der Waals surface area (Å²) in [6.45, 7) is 0.0541. The Morgan fingerprint density at radius 3 is 2.06 bits per heavy atom. The van der Waals surface area contributed by atoms with E-state index in [-0.39, 0.29) is 13.0 Å². The molecule has 174 valence electrons. The quantitative estimate of drug-likeness (QED) is 0.163. The zero-order valence-electron chi connectivity index (χ0n) is 16.9. The van der Waals surface area contributed by atoms with Crippen molar-refractivity contribution in [2.24, 2.45) is 5.73 Å². The molecule has 0 aliphatic carbocycles. The van der Waals surface area contributed by atoms with E-state index in [2.05, 4.69) is 16.0 Å². The molecule has 1 saturated heterocycles. The number of carbonyl (C=O) groups is 6. The number of hydrogen-bond acceptors (Lipinski definition) is 8. The third-order valence-corrected chi connectivity index (χ3v) is 4.56. The summed E-state index contributed by atoms with van der Waals surface area (Å²) in [6.07, 6.45) is -0.157. The third kappa shape index (κ3) is 7.49.